The lowest BCUT2D eigenvalue weighted by Crippen LogP contribution is -2.13. The second-order valence-corrected chi connectivity index (χ2v) is 4.79. The zero-order valence-electron chi connectivity index (χ0n) is 10.2. The molecule has 1 aromatic carbocycles. The highest BCUT2D eigenvalue weighted by molar-refractivity contribution is 6.30. The van der Waals surface area contributed by atoms with Crippen LogP contribution in [0.25, 0.3) is 0 Å². The van der Waals surface area contributed by atoms with Crippen molar-refractivity contribution in [3.63, 3.8) is 0 Å². The van der Waals surface area contributed by atoms with Crippen molar-refractivity contribution in [3.8, 4) is 0 Å². The van der Waals surface area contributed by atoms with Gasteiger partial charge in [0.1, 0.15) is 16.8 Å². The zero-order valence-corrected chi connectivity index (χ0v) is 11.7. The molecule has 0 fully saturated rings. The zero-order chi connectivity index (χ0) is 15.6. The van der Waals surface area contributed by atoms with Crippen LogP contribution < -0.4 is 5.32 Å². The number of anilines is 1. The molecule has 0 aliphatic carbocycles. The highest BCUT2D eigenvalue weighted by atomic mass is 35.5. The molecule has 2 aromatic rings. The summed E-state index contributed by atoms with van der Waals surface area (Å²) in [5.74, 6) is -2.01. The quantitative estimate of drug-likeness (QED) is 0.658. The van der Waals surface area contributed by atoms with Gasteiger partial charge in [0, 0.05) is 12.6 Å². The van der Waals surface area contributed by atoms with Gasteiger partial charge in [-0.15, -0.1) is 0 Å². The summed E-state index contributed by atoms with van der Waals surface area (Å²) in [6.07, 6.45) is -4.69. The number of nitrogens with one attached hydrogen (secondary N) is 1. The summed E-state index contributed by atoms with van der Waals surface area (Å²) in [7, 11) is 0. The first kappa shape index (κ1) is 15.8. The van der Waals surface area contributed by atoms with Crippen LogP contribution in [0.1, 0.15) is 11.4 Å². The molecule has 3 nitrogen and oxygen atoms in total. The SMILES string of the molecule is Fc1ccc(CNc2cc(Cl)nc(C(F)(F)F)n2)cc1Cl. The maximum absolute atomic E-state index is 13.0. The van der Waals surface area contributed by atoms with Crippen molar-refractivity contribution < 1.29 is 17.6 Å². The lowest BCUT2D eigenvalue weighted by molar-refractivity contribution is -0.144. The second kappa shape index (κ2) is 6.03. The highest BCUT2D eigenvalue weighted by Gasteiger charge is 2.35. The normalized spacial score (nSPS) is 11.5. The molecule has 9 heteroatoms. The number of halogens is 6. The number of hydrogen-bond donors (Lipinski definition) is 1. The molecule has 0 bridgehead atoms. The molecule has 0 aliphatic rings. The van der Waals surface area contributed by atoms with Crippen LogP contribution >= 0.6 is 23.2 Å². The molecule has 0 radical (unpaired) electrons. The Bertz CT molecular complexity index is 661. The molecule has 21 heavy (non-hydrogen) atoms. The van der Waals surface area contributed by atoms with Gasteiger partial charge >= 0.3 is 6.18 Å². The smallest absolute Gasteiger partial charge is 0.366 e. The Morgan fingerprint density at radius 1 is 1.10 bits per heavy atom. The van der Waals surface area contributed by atoms with Gasteiger partial charge in [-0.05, 0) is 17.7 Å². The second-order valence-electron chi connectivity index (χ2n) is 4.00. The number of benzene rings is 1. The number of aromatic nitrogens is 2. The molecule has 112 valence electrons. The minimum atomic E-state index is -4.69. The van der Waals surface area contributed by atoms with E-state index in [1.807, 2.05) is 0 Å². The number of hydrogen-bond acceptors (Lipinski definition) is 3. The number of rotatable bonds is 3. The van der Waals surface area contributed by atoms with Crippen LogP contribution in [-0.4, -0.2) is 9.97 Å². The Balaban J connectivity index is 2.16. The summed E-state index contributed by atoms with van der Waals surface area (Å²) in [6.45, 7) is 0.102. The third kappa shape index (κ3) is 4.18. The molecule has 2 rings (SSSR count). The van der Waals surface area contributed by atoms with Crippen molar-refractivity contribution in [3.05, 3.63) is 51.6 Å². The molecule has 1 heterocycles. The minimum absolute atomic E-state index is 0.0778. The molecule has 0 amide bonds. The first-order valence-corrected chi connectivity index (χ1v) is 6.31. The first-order valence-electron chi connectivity index (χ1n) is 5.55. The van der Waals surface area contributed by atoms with Gasteiger partial charge in [0.05, 0.1) is 5.02 Å². The van der Waals surface area contributed by atoms with Gasteiger partial charge in [-0.3, -0.25) is 0 Å². The fourth-order valence-corrected chi connectivity index (χ4v) is 1.86. The highest BCUT2D eigenvalue weighted by Crippen LogP contribution is 2.28. The van der Waals surface area contributed by atoms with Crippen LogP contribution in [0.3, 0.4) is 0 Å². The molecule has 1 N–H and O–H groups in total. The van der Waals surface area contributed by atoms with Gasteiger partial charge < -0.3 is 5.32 Å². The summed E-state index contributed by atoms with van der Waals surface area (Å²) in [4.78, 5) is 6.43. The van der Waals surface area contributed by atoms with E-state index in [0.717, 1.165) is 12.1 Å². The maximum Gasteiger partial charge on any atom is 0.451 e. The van der Waals surface area contributed by atoms with Gasteiger partial charge in [-0.2, -0.15) is 13.2 Å². The van der Waals surface area contributed by atoms with E-state index >= 15 is 0 Å². The molecule has 0 saturated heterocycles. The molecule has 0 aliphatic heterocycles. The summed E-state index contributed by atoms with van der Waals surface area (Å²) < 4.78 is 50.6. The van der Waals surface area contributed by atoms with E-state index in [9.17, 15) is 17.6 Å². The summed E-state index contributed by atoms with van der Waals surface area (Å²) in [5.41, 5.74) is 0.574. The summed E-state index contributed by atoms with van der Waals surface area (Å²) >= 11 is 11.1. The Labute approximate surface area is 126 Å². The van der Waals surface area contributed by atoms with Gasteiger partial charge in [-0.25, -0.2) is 14.4 Å². The third-order valence-electron chi connectivity index (χ3n) is 2.41. The van der Waals surface area contributed by atoms with E-state index in [1.165, 1.54) is 12.1 Å². The molecule has 0 saturated carbocycles. The molecule has 1 aromatic heterocycles. The first-order chi connectivity index (χ1) is 9.75. The van der Waals surface area contributed by atoms with E-state index in [2.05, 4.69) is 15.3 Å². The van der Waals surface area contributed by atoms with Crippen molar-refractivity contribution in [2.45, 2.75) is 12.7 Å². The van der Waals surface area contributed by atoms with Crippen molar-refractivity contribution in [1.82, 2.24) is 9.97 Å². The van der Waals surface area contributed by atoms with Crippen molar-refractivity contribution >= 4 is 29.0 Å². The van der Waals surface area contributed by atoms with Crippen LogP contribution in [0.4, 0.5) is 23.4 Å². The molecule has 0 unspecified atom stereocenters. The Morgan fingerprint density at radius 2 is 1.81 bits per heavy atom. The third-order valence-corrected chi connectivity index (χ3v) is 2.89. The van der Waals surface area contributed by atoms with Crippen LogP contribution in [0.2, 0.25) is 10.2 Å². The van der Waals surface area contributed by atoms with E-state index in [4.69, 9.17) is 23.2 Å². The van der Waals surface area contributed by atoms with E-state index < -0.39 is 17.8 Å². The van der Waals surface area contributed by atoms with Crippen molar-refractivity contribution in [1.29, 1.82) is 0 Å². The van der Waals surface area contributed by atoms with Gasteiger partial charge in [0.2, 0.25) is 5.82 Å². The minimum Gasteiger partial charge on any atom is -0.366 e. The Hall–Kier alpha value is -1.60. The van der Waals surface area contributed by atoms with Gasteiger partial charge in [0.15, 0.2) is 0 Å². The van der Waals surface area contributed by atoms with Crippen LogP contribution in [0.5, 0.6) is 0 Å². The van der Waals surface area contributed by atoms with E-state index in [1.54, 1.807) is 0 Å². The Kier molecular flexibility index (Phi) is 4.53. The molecule has 0 atom stereocenters. The number of nitrogens with zero attached hydrogens (tertiary/aromatic N) is 2. The number of alkyl halides is 3. The molecular formula is C12H7Cl2F4N3. The average Bonchev–Trinajstić information content (AvgIpc) is 2.38. The molecular weight excluding hydrogens is 333 g/mol. The fraction of sp³-hybridized carbons (Fsp3) is 0.167. The van der Waals surface area contributed by atoms with Crippen molar-refractivity contribution in [2.24, 2.45) is 0 Å². The van der Waals surface area contributed by atoms with Crippen molar-refractivity contribution in [2.75, 3.05) is 5.32 Å². The van der Waals surface area contributed by atoms with Crippen LogP contribution in [0.15, 0.2) is 24.3 Å². The van der Waals surface area contributed by atoms with Crippen LogP contribution in [0, 0.1) is 5.82 Å². The lowest BCUT2D eigenvalue weighted by Gasteiger charge is -2.10. The monoisotopic (exact) mass is 339 g/mol. The van der Waals surface area contributed by atoms with Gasteiger partial charge in [0.25, 0.3) is 0 Å². The Morgan fingerprint density at radius 3 is 2.43 bits per heavy atom. The predicted octanol–water partition coefficient (Wildman–Crippen LogP) is 4.55. The summed E-state index contributed by atoms with van der Waals surface area (Å²) in [6, 6.07) is 5.12. The largest absolute Gasteiger partial charge is 0.451 e. The topological polar surface area (TPSA) is 37.8 Å². The maximum atomic E-state index is 13.0. The van der Waals surface area contributed by atoms with E-state index in [0.29, 0.717) is 5.56 Å². The van der Waals surface area contributed by atoms with Gasteiger partial charge in [-0.1, -0.05) is 29.3 Å². The standard InChI is InChI=1S/C12H7Cl2F4N3/c13-7-3-6(1-2-8(7)15)5-19-10-4-9(14)20-11(21-10)12(16,17)18/h1-4H,5H2,(H,19,20,21). The molecule has 0 spiro atoms. The lowest BCUT2D eigenvalue weighted by atomic mass is 10.2. The fourth-order valence-electron chi connectivity index (χ4n) is 1.48. The van der Waals surface area contributed by atoms with E-state index in [-0.39, 0.29) is 22.5 Å². The average molecular weight is 340 g/mol. The summed E-state index contributed by atoms with van der Waals surface area (Å²) in [5, 5.41) is 2.23. The predicted molar refractivity (Wildman–Crippen MR) is 70.8 cm³/mol. The van der Waals surface area contributed by atoms with Crippen LogP contribution in [-0.2, 0) is 12.7 Å².